The van der Waals surface area contributed by atoms with E-state index in [0.29, 0.717) is 17.4 Å². The topological polar surface area (TPSA) is 87.9 Å². The van der Waals surface area contributed by atoms with Crippen molar-refractivity contribution >= 4 is 23.2 Å². The molecule has 3 N–H and O–H groups in total. The molecule has 0 spiro atoms. The molecular weight excluding hydrogens is 404 g/mol. The Labute approximate surface area is 189 Å². The van der Waals surface area contributed by atoms with Crippen molar-refractivity contribution in [1.29, 1.82) is 0 Å². The quantitative estimate of drug-likeness (QED) is 0.727. The molecule has 7 nitrogen and oxygen atoms in total. The summed E-state index contributed by atoms with van der Waals surface area (Å²) in [5, 5.41) is 2.99. The van der Waals surface area contributed by atoms with E-state index in [0.717, 1.165) is 63.2 Å². The van der Waals surface area contributed by atoms with E-state index < -0.39 is 0 Å². The number of nitrogens with one attached hydrogen (secondary N) is 1. The number of benzene rings is 2. The lowest BCUT2D eigenvalue weighted by Gasteiger charge is -2.42. The van der Waals surface area contributed by atoms with Crippen LogP contribution in [0.3, 0.4) is 0 Å². The van der Waals surface area contributed by atoms with Gasteiger partial charge < -0.3 is 20.7 Å². The molecule has 2 amide bonds. The van der Waals surface area contributed by atoms with Crippen molar-refractivity contribution in [3.8, 4) is 5.75 Å². The fourth-order valence-corrected chi connectivity index (χ4v) is 4.87. The third-order valence-electron chi connectivity index (χ3n) is 6.66. The van der Waals surface area contributed by atoms with Crippen LogP contribution in [0, 0.1) is 5.92 Å². The van der Waals surface area contributed by atoms with Crippen LogP contribution in [0.2, 0.25) is 0 Å². The predicted octanol–water partition coefficient (Wildman–Crippen LogP) is 3.11. The van der Waals surface area contributed by atoms with Crippen molar-refractivity contribution in [3.05, 3.63) is 54.1 Å². The van der Waals surface area contributed by atoms with Crippen LogP contribution < -0.4 is 20.7 Å². The first-order valence-corrected chi connectivity index (χ1v) is 11.4. The van der Waals surface area contributed by atoms with Gasteiger partial charge in [-0.05, 0) is 62.6 Å². The van der Waals surface area contributed by atoms with Gasteiger partial charge in [0.25, 0.3) is 5.91 Å². The van der Waals surface area contributed by atoms with Crippen molar-refractivity contribution in [2.24, 2.45) is 11.7 Å². The molecular formula is C25H32N4O3. The van der Waals surface area contributed by atoms with Gasteiger partial charge in [-0.3, -0.25) is 14.5 Å². The summed E-state index contributed by atoms with van der Waals surface area (Å²) in [6.07, 6.45) is 4.08. The van der Waals surface area contributed by atoms with Crippen molar-refractivity contribution in [2.45, 2.75) is 31.7 Å². The maximum Gasteiger partial charge on any atom is 0.259 e. The first kappa shape index (κ1) is 22.1. The molecule has 32 heavy (non-hydrogen) atoms. The summed E-state index contributed by atoms with van der Waals surface area (Å²) in [7, 11) is 1.56. The smallest absolute Gasteiger partial charge is 0.259 e. The minimum atomic E-state index is -0.188. The molecule has 2 aliphatic heterocycles. The maximum atomic E-state index is 12.7. The van der Waals surface area contributed by atoms with Crippen LogP contribution in [0.25, 0.3) is 0 Å². The SMILES string of the molecule is COc1ccccc1C(=O)Nc1cccc(N2CCC(N3CCC[C@@H](C(N)=O)C3)CC2)c1. The molecule has 2 aromatic rings. The maximum absolute atomic E-state index is 12.7. The fourth-order valence-electron chi connectivity index (χ4n) is 4.87. The zero-order chi connectivity index (χ0) is 22.5. The largest absolute Gasteiger partial charge is 0.496 e. The highest BCUT2D eigenvalue weighted by Crippen LogP contribution is 2.28. The molecule has 0 aromatic heterocycles. The summed E-state index contributed by atoms with van der Waals surface area (Å²) in [5.41, 5.74) is 7.93. The Morgan fingerprint density at radius 2 is 1.81 bits per heavy atom. The average molecular weight is 437 g/mol. The number of primary amides is 1. The van der Waals surface area contributed by atoms with E-state index in [1.807, 2.05) is 30.3 Å². The van der Waals surface area contributed by atoms with Gasteiger partial charge >= 0.3 is 0 Å². The van der Waals surface area contributed by atoms with Gasteiger partial charge in [-0.25, -0.2) is 0 Å². The molecule has 0 aliphatic carbocycles. The highest BCUT2D eigenvalue weighted by Gasteiger charge is 2.30. The van der Waals surface area contributed by atoms with Gasteiger partial charge in [0.05, 0.1) is 18.6 Å². The molecule has 2 aromatic carbocycles. The summed E-state index contributed by atoms with van der Waals surface area (Å²) >= 11 is 0. The first-order chi connectivity index (χ1) is 15.5. The Hall–Kier alpha value is -3.06. The molecule has 0 unspecified atom stereocenters. The number of ether oxygens (including phenoxy) is 1. The third kappa shape index (κ3) is 5.05. The highest BCUT2D eigenvalue weighted by molar-refractivity contribution is 6.06. The second kappa shape index (κ2) is 10.0. The number of likely N-dealkylation sites (tertiary alicyclic amines) is 1. The Morgan fingerprint density at radius 1 is 1.03 bits per heavy atom. The van der Waals surface area contributed by atoms with Crippen molar-refractivity contribution < 1.29 is 14.3 Å². The number of nitrogens with two attached hydrogens (primary N) is 1. The van der Waals surface area contributed by atoms with Crippen molar-refractivity contribution in [3.63, 3.8) is 0 Å². The average Bonchev–Trinajstić information content (AvgIpc) is 2.84. The molecule has 1 atom stereocenters. The van der Waals surface area contributed by atoms with Crippen molar-refractivity contribution in [2.75, 3.05) is 43.5 Å². The molecule has 2 saturated heterocycles. The molecule has 2 fully saturated rings. The van der Waals surface area contributed by atoms with Crippen LogP contribution in [0.5, 0.6) is 5.75 Å². The van der Waals surface area contributed by atoms with E-state index in [-0.39, 0.29) is 17.7 Å². The van der Waals surface area contributed by atoms with Gasteiger partial charge in [-0.1, -0.05) is 18.2 Å². The Balaban J connectivity index is 1.36. The summed E-state index contributed by atoms with van der Waals surface area (Å²) in [6, 6.07) is 15.7. The summed E-state index contributed by atoms with van der Waals surface area (Å²) in [6.45, 7) is 3.75. The molecule has 2 aliphatic rings. The minimum absolute atomic E-state index is 0.00897. The number of amides is 2. The van der Waals surface area contributed by atoms with E-state index in [2.05, 4.69) is 21.2 Å². The summed E-state index contributed by atoms with van der Waals surface area (Å²) in [4.78, 5) is 29.2. The van der Waals surface area contributed by atoms with Crippen LogP contribution in [0.15, 0.2) is 48.5 Å². The van der Waals surface area contributed by atoms with Gasteiger partial charge in [0, 0.05) is 37.1 Å². The van der Waals surface area contributed by atoms with Gasteiger partial charge in [0.1, 0.15) is 5.75 Å². The number of piperidine rings is 2. The van der Waals surface area contributed by atoms with E-state index in [4.69, 9.17) is 10.5 Å². The number of carbonyl (C=O) groups excluding carboxylic acids is 2. The standard InChI is InChI=1S/C25H32N4O3/c1-32-23-10-3-2-9-22(23)25(31)27-19-7-4-8-21(16-19)28-14-11-20(12-15-28)29-13-5-6-18(17-29)24(26)30/h2-4,7-10,16,18,20H,5-6,11-15,17H2,1H3,(H2,26,30)(H,27,31)/t18-/m1/s1. The van der Waals surface area contributed by atoms with Crippen LogP contribution in [0.1, 0.15) is 36.0 Å². The van der Waals surface area contributed by atoms with Crippen LogP contribution in [-0.2, 0) is 4.79 Å². The van der Waals surface area contributed by atoms with E-state index in [9.17, 15) is 9.59 Å². The van der Waals surface area contributed by atoms with Crippen LogP contribution >= 0.6 is 0 Å². The molecule has 4 rings (SSSR count). The molecule has 7 heteroatoms. The number of hydrogen-bond donors (Lipinski definition) is 2. The van der Waals surface area contributed by atoms with E-state index in [1.165, 1.54) is 0 Å². The second-order valence-electron chi connectivity index (χ2n) is 8.66. The number of methoxy groups -OCH3 is 1. The number of rotatable bonds is 6. The van der Waals surface area contributed by atoms with Crippen molar-refractivity contribution in [1.82, 2.24) is 4.90 Å². The first-order valence-electron chi connectivity index (χ1n) is 11.4. The zero-order valence-corrected chi connectivity index (χ0v) is 18.6. The number of anilines is 2. The number of para-hydroxylation sites is 1. The molecule has 0 saturated carbocycles. The van der Waals surface area contributed by atoms with Gasteiger partial charge in [-0.15, -0.1) is 0 Å². The molecule has 0 radical (unpaired) electrons. The number of nitrogens with zero attached hydrogens (tertiary/aromatic N) is 2. The third-order valence-corrected chi connectivity index (χ3v) is 6.66. The summed E-state index contributed by atoms with van der Waals surface area (Å²) in [5.74, 6) is 0.191. The Kier molecular flexibility index (Phi) is 6.95. The summed E-state index contributed by atoms with van der Waals surface area (Å²) < 4.78 is 5.30. The lowest BCUT2D eigenvalue weighted by Crippen LogP contribution is -2.50. The monoisotopic (exact) mass is 436 g/mol. The van der Waals surface area contributed by atoms with Crippen LogP contribution in [0.4, 0.5) is 11.4 Å². The van der Waals surface area contributed by atoms with E-state index in [1.54, 1.807) is 19.2 Å². The highest BCUT2D eigenvalue weighted by atomic mass is 16.5. The molecule has 2 heterocycles. The van der Waals surface area contributed by atoms with Gasteiger partial charge in [0.2, 0.25) is 5.91 Å². The second-order valence-corrected chi connectivity index (χ2v) is 8.66. The fraction of sp³-hybridized carbons (Fsp3) is 0.440. The lowest BCUT2D eigenvalue weighted by atomic mass is 9.93. The number of carbonyl (C=O) groups is 2. The van der Waals surface area contributed by atoms with Crippen LogP contribution in [-0.4, -0.2) is 56.0 Å². The molecule has 0 bridgehead atoms. The Bertz CT molecular complexity index is 956. The van der Waals surface area contributed by atoms with Gasteiger partial charge in [0.15, 0.2) is 0 Å². The molecule has 170 valence electrons. The minimum Gasteiger partial charge on any atom is -0.496 e. The lowest BCUT2D eigenvalue weighted by molar-refractivity contribution is -0.123. The normalized spacial score (nSPS) is 20.0. The zero-order valence-electron chi connectivity index (χ0n) is 18.6. The predicted molar refractivity (Wildman–Crippen MR) is 126 cm³/mol. The van der Waals surface area contributed by atoms with E-state index >= 15 is 0 Å². The number of hydrogen-bond acceptors (Lipinski definition) is 5. The van der Waals surface area contributed by atoms with Gasteiger partial charge in [-0.2, -0.15) is 0 Å². The Morgan fingerprint density at radius 3 is 2.56 bits per heavy atom.